The lowest BCUT2D eigenvalue weighted by Gasteiger charge is -2.22. The number of rotatable bonds is 8. The fourth-order valence-corrected chi connectivity index (χ4v) is 3.39. The highest BCUT2D eigenvalue weighted by molar-refractivity contribution is 5.84. The van der Waals surface area contributed by atoms with Gasteiger partial charge in [-0.05, 0) is 59.3 Å². The Morgan fingerprint density at radius 2 is 1.53 bits per heavy atom. The Kier molecular flexibility index (Phi) is 6.90. The van der Waals surface area contributed by atoms with Gasteiger partial charge in [-0.25, -0.2) is 4.39 Å². The summed E-state index contributed by atoms with van der Waals surface area (Å²) in [6, 6.07) is 16.9. The molecule has 0 spiro atoms. The second-order valence-electron chi connectivity index (χ2n) is 7.44. The molecule has 0 saturated carbocycles. The number of likely N-dealkylation sites (N-methyl/N-ethyl adjacent to an activating group) is 2. The molecule has 0 atom stereocenters. The number of benzene rings is 3. The van der Waals surface area contributed by atoms with Crippen molar-refractivity contribution in [3.8, 4) is 11.5 Å². The quantitative estimate of drug-likeness (QED) is 0.561. The molecule has 3 aromatic carbocycles. The lowest BCUT2D eigenvalue weighted by molar-refractivity contribution is -0.131. The van der Waals surface area contributed by atoms with E-state index in [2.05, 4.69) is 6.07 Å². The second-order valence-corrected chi connectivity index (χ2v) is 7.44. The third-order valence-electron chi connectivity index (χ3n) is 5.03. The van der Waals surface area contributed by atoms with Crippen LogP contribution in [0.3, 0.4) is 0 Å². The van der Waals surface area contributed by atoms with Gasteiger partial charge in [0, 0.05) is 20.1 Å². The van der Waals surface area contributed by atoms with Crippen LogP contribution in [0.4, 0.5) is 4.39 Å². The molecule has 0 aliphatic rings. The van der Waals surface area contributed by atoms with Crippen LogP contribution < -0.4 is 9.47 Å². The van der Waals surface area contributed by atoms with Crippen LogP contribution in [0.1, 0.15) is 11.1 Å². The van der Waals surface area contributed by atoms with E-state index in [1.54, 1.807) is 31.2 Å². The summed E-state index contributed by atoms with van der Waals surface area (Å²) in [5, 5.41) is 2.20. The second kappa shape index (κ2) is 9.59. The molecule has 158 valence electrons. The number of nitrogens with zero attached hydrogens (tertiary/aromatic N) is 2. The summed E-state index contributed by atoms with van der Waals surface area (Å²) in [6.07, 6.45) is 0. The molecule has 0 radical (unpaired) electrons. The first-order valence-electron chi connectivity index (χ1n) is 9.71. The first kappa shape index (κ1) is 21.6. The topological polar surface area (TPSA) is 42.0 Å². The Hall–Kier alpha value is -3.12. The van der Waals surface area contributed by atoms with E-state index in [1.165, 1.54) is 13.2 Å². The maximum Gasteiger partial charge on any atom is 0.236 e. The van der Waals surface area contributed by atoms with Crippen LogP contribution in [-0.4, -0.2) is 50.6 Å². The van der Waals surface area contributed by atoms with Crippen molar-refractivity contribution in [2.75, 3.05) is 34.9 Å². The summed E-state index contributed by atoms with van der Waals surface area (Å²) in [5.41, 5.74) is 1.85. The Morgan fingerprint density at radius 1 is 0.867 bits per heavy atom. The molecule has 3 rings (SSSR count). The zero-order chi connectivity index (χ0) is 21.7. The molecule has 0 N–H and O–H groups in total. The molecule has 6 heteroatoms. The van der Waals surface area contributed by atoms with Crippen molar-refractivity contribution in [1.82, 2.24) is 9.80 Å². The highest BCUT2D eigenvalue weighted by Gasteiger charge is 2.14. The summed E-state index contributed by atoms with van der Waals surface area (Å²) in [6.45, 7) is 1.24. The number of halogens is 1. The monoisotopic (exact) mass is 410 g/mol. The molecule has 0 saturated heterocycles. The zero-order valence-corrected chi connectivity index (χ0v) is 17.8. The van der Waals surface area contributed by atoms with Crippen molar-refractivity contribution in [1.29, 1.82) is 0 Å². The summed E-state index contributed by atoms with van der Waals surface area (Å²) < 4.78 is 24.1. The van der Waals surface area contributed by atoms with Gasteiger partial charge in [0.05, 0.1) is 20.8 Å². The van der Waals surface area contributed by atoms with Gasteiger partial charge in [-0.1, -0.05) is 24.3 Å². The van der Waals surface area contributed by atoms with E-state index >= 15 is 0 Å². The number of fused-ring (bicyclic) bond motifs is 1. The van der Waals surface area contributed by atoms with Crippen molar-refractivity contribution in [3.63, 3.8) is 0 Å². The number of carbonyl (C=O) groups is 1. The fourth-order valence-electron chi connectivity index (χ4n) is 3.39. The van der Waals surface area contributed by atoms with Gasteiger partial charge in [0.1, 0.15) is 5.75 Å². The number of carbonyl (C=O) groups excluding carboxylic acids is 1. The van der Waals surface area contributed by atoms with Crippen LogP contribution in [0.15, 0.2) is 54.6 Å². The van der Waals surface area contributed by atoms with Crippen LogP contribution in [0, 0.1) is 5.82 Å². The molecule has 5 nitrogen and oxygen atoms in total. The standard InChI is InChI=1S/C24H27FN2O3/c1-26(14-18-6-10-23(30-4)22(25)12-18)16-24(28)27(2)15-17-5-7-20-13-21(29-3)9-8-19(20)11-17/h5-13H,14-16H2,1-4H3. The molecular weight excluding hydrogens is 383 g/mol. The highest BCUT2D eigenvalue weighted by Crippen LogP contribution is 2.22. The minimum atomic E-state index is -0.402. The van der Waals surface area contributed by atoms with Crippen LogP contribution >= 0.6 is 0 Å². The molecule has 30 heavy (non-hydrogen) atoms. The van der Waals surface area contributed by atoms with E-state index in [9.17, 15) is 9.18 Å². The van der Waals surface area contributed by atoms with Crippen molar-refractivity contribution in [2.24, 2.45) is 0 Å². The summed E-state index contributed by atoms with van der Waals surface area (Å²) in [4.78, 5) is 16.2. The average molecular weight is 410 g/mol. The smallest absolute Gasteiger partial charge is 0.236 e. The summed E-state index contributed by atoms with van der Waals surface area (Å²) >= 11 is 0. The average Bonchev–Trinajstić information content (AvgIpc) is 2.73. The van der Waals surface area contributed by atoms with Gasteiger partial charge in [-0.2, -0.15) is 0 Å². The van der Waals surface area contributed by atoms with Gasteiger partial charge in [0.15, 0.2) is 11.6 Å². The SMILES string of the molecule is COc1ccc2cc(CN(C)C(=O)CN(C)Cc3ccc(OC)c(F)c3)ccc2c1. The van der Waals surface area contributed by atoms with E-state index in [0.29, 0.717) is 13.1 Å². The minimum absolute atomic E-state index is 0.00121. The van der Waals surface area contributed by atoms with Crippen LogP contribution in [-0.2, 0) is 17.9 Å². The predicted molar refractivity (Wildman–Crippen MR) is 116 cm³/mol. The Labute approximate surface area is 176 Å². The molecule has 0 aliphatic heterocycles. The molecule has 0 aromatic heterocycles. The van der Waals surface area contributed by atoms with Crippen molar-refractivity contribution in [2.45, 2.75) is 13.1 Å². The normalized spacial score (nSPS) is 11.0. The molecule has 0 heterocycles. The van der Waals surface area contributed by atoms with Crippen LogP contribution in [0.2, 0.25) is 0 Å². The summed E-state index contributed by atoms with van der Waals surface area (Å²) in [5.74, 6) is 0.635. The first-order valence-corrected chi connectivity index (χ1v) is 9.71. The lowest BCUT2D eigenvalue weighted by atomic mass is 10.1. The van der Waals surface area contributed by atoms with Crippen molar-refractivity contribution in [3.05, 3.63) is 71.5 Å². The van der Waals surface area contributed by atoms with Gasteiger partial charge >= 0.3 is 0 Å². The Morgan fingerprint density at radius 3 is 2.23 bits per heavy atom. The third kappa shape index (κ3) is 5.27. The van der Waals surface area contributed by atoms with E-state index in [-0.39, 0.29) is 18.2 Å². The predicted octanol–water partition coefficient (Wildman–Crippen LogP) is 4.09. The molecule has 0 unspecified atom stereocenters. The van der Waals surface area contributed by atoms with Crippen LogP contribution in [0.5, 0.6) is 11.5 Å². The van der Waals surface area contributed by atoms with Crippen molar-refractivity contribution < 1.29 is 18.7 Å². The third-order valence-corrected chi connectivity index (χ3v) is 5.03. The number of hydrogen-bond donors (Lipinski definition) is 0. The maximum atomic E-state index is 13.9. The van der Waals surface area contributed by atoms with E-state index in [0.717, 1.165) is 27.6 Å². The van der Waals surface area contributed by atoms with Gasteiger partial charge in [0.2, 0.25) is 5.91 Å². The molecule has 1 amide bonds. The maximum absolute atomic E-state index is 13.9. The van der Waals surface area contributed by atoms with Crippen molar-refractivity contribution >= 4 is 16.7 Å². The molecule has 0 bridgehead atoms. The lowest BCUT2D eigenvalue weighted by Crippen LogP contribution is -2.36. The molecule has 0 aliphatic carbocycles. The number of amides is 1. The van der Waals surface area contributed by atoms with E-state index in [4.69, 9.17) is 9.47 Å². The minimum Gasteiger partial charge on any atom is -0.497 e. The van der Waals surface area contributed by atoms with Gasteiger partial charge in [0.25, 0.3) is 0 Å². The summed E-state index contributed by atoms with van der Waals surface area (Å²) in [7, 11) is 6.72. The Balaban J connectivity index is 1.58. The first-order chi connectivity index (χ1) is 14.4. The highest BCUT2D eigenvalue weighted by atomic mass is 19.1. The largest absolute Gasteiger partial charge is 0.497 e. The molecular formula is C24H27FN2O3. The van der Waals surface area contributed by atoms with Gasteiger partial charge in [-0.3, -0.25) is 9.69 Å². The fraction of sp³-hybridized carbons (Fsp3) is 0.292. The molecule has 3 aromatic rings. The number of methoxy groups -OCH3 is 2. The van der Waals surface area contributed by atoms with Crippen LogP contribution in [0.25, 0.3) is 10.8 Å². The van der Waals surface area contributed by atoms with E-state index in [1.807, 2.05) is 42.3 Å². The zero-order valence-electron chi connectivity index (χ0n) is 17.8. The van der Waals surface area contributed by atoms with E-state index < -0.39 is 5.82 Å². The van der Waals surface area contributed by atoms with Gasteiger partial charge < -0.3 is 14.4 Å². The Bertz CT molecular complexity index is 1040. The number of ether oxygens (including phenoxy) is 2. The number of hydrogen-bond acceptors (Lipinski definition) is 4. The van der Waals surface area contributed by atoms with Gasteiger partial charge in [-0.15, -0.1) is 0 Å². The molecule has 0 fully saturated rings.